The number of nitrogens with one attached hydrogen (secondary N) is 1. The minimum absolute atomic E-state index is 0.0535. The zero-order valence-electron chi connectivity index (χ0n) is 17.3. The van der Waals surface area contributed by atoms with E-state index in [0.29, 0.717) is 11.6 Å². The van der Waals surface area contributed by atoms with Crippen LogP contribution in [-0.4, -0.2) is 36.5 Å². The molecule has 0 spiro atoms. The molecule has 0 aliphatic carbocycles. The van der Waals surface area contributed by atoms with Crippen LogP contribution in [0.4, 0.5) is 17.5 Å². The monoisotopic (exact) mass is 446 g/mol. The van der Waals surface area contributed by atoms with Crippen molar-refractivity contribution in [1.29, 1.82) is 0 Å². The van der Waals surface area contributed by atoms with Crippen LogP contribution < -0.4 is 15.4 Å². The van der Waals surface area contributed by atoms with Crippen LogP contribution in [-0.2, 0) is 10.0 Å². The van der Waals surface area contributed by atoms with Crippen LogP contribution in [0.15, 0.2) is 71.9 Å². The van der Waals surface area contributed by atoms with Gasteiger partial charge in [0.1, 0.15) is 5.82 Å². The third kappa shape index (κ3) is 4.25. The van der Waals surface area contributed by atoms with Gasteiger partial charge in [0, 0.05) is 36.6 Å². The maximum atomic E-state index is 11.4. The molecule has 0 bridgehead atoms. The van der Waals surface area contributed by atoms with Crippen molar-refractivity contribution in [3.63, 3.8) is 0 Å². The van der Waals surface area contributed by atoms with Crippen LogP contribution in [0.3, 0.4) is 0 Å². The lowest BCUT2D eigenvalue weighted by atomic mass is 10.1. The van der Waals surface area contributed by atoms with Gasteiger partial charge in [-0.2, -0.15) is 0 Å². The van der Waals surface area contributed by atoms with Crippen LogP contribution in [0, 0.1) is 0 Å². The van der Waals surface area contributed by atoms with Crippen molar-refractivity contribution >= 4 is 38.4 Å². The average Bonchev–Trinajstić information content (AvgIpc) is 3.34. The third-order valence-corrected chi connectivity index (χ3v) is 6.46. The second-order valence-electron chi connectivity index (χ2n) is 7.76. The predicted octanol–water partition coefficient (Wildman–Crippen LogP) is 3.68. The van der Waals surface area contributed by atoms with Gasteiger partial charge < -0.3 is 10.2 Å². The van der Waals surface area contributed by atoms with E-state index in [1.807, 2.05) is 24.4 Å². The van der Waals surface area contributed by atoms with Crippen molar-refractivity contribution in [1.82, 2.24) is 15.0 Å². The summed E-state index contributed by atoms with van der Waals surface area (Å²) in [6.45, 7) is 2.10. The van der Waals surface area contributed by atoms with Gasteiger partial charge in [0.15, 0.2) is 0 Å². The summed E-state index contributed by atoms with van der Waals surface area (Å²) in [4.78, 5) is 15.9. The van der Waals surface area contributed by atoms with Gasteiger partial charge in [-0.05, 0) is 66.4 Å². The van der Waals surface area contributed by atoms with E-state index in [9.17, 15) is 8.42 Å². The summed E-state index contributed by atoms with van der Waals surface area (Å²) in [5, 5.41) is 9.18. The number of aromatic nitrogens is 3. The molecule has 0 radical (unpaired) electrons. The molecule has 3 N–H and O–H groups in total. The van der Waals surface area contributed by atoms with Crippen molar-refractivity contribution < 1.29 is 8.42 Å². The number of benzene rings is 2. The zero-order valence-corrected chi connectivity index (χ0v) is 18.1. The minimum atomic E-state index is -3.73. The van der Waals surface area contributed by atoms with Crippen LogP contribution in [0.5, 0.6) is 0 Å². The average molecular weight is 447 g/mol. The van der Waals surface area contributed by atoms with Gasteiger partial charge in [0.2, 0.25) is 16.0 Å². The summed E-state index contributed by atoms with van der Waals surface area (Å²) in [6.07, 6.45) is 6.03. The predicted molar refractivity (Wildman–Crippen MR) is 125 cm³/mol. The Balaban J connectivity index is 1.42. The van der Waals surface area contributed by atoms with Gasteiger partial charge in [0.25, 0.3) is 0 Å². The molecular weight excluding hydrogens is 424 g/mol. The molecule has 0 unspecified atom stereocenters. The van der Waals surface area contributed by atoms with E-state index in [4.69, 9.17) is 5.14 Å². The standard InChI is InChI=1S/C23H22N6O2S/c24-32(30,31)20-7-5-19(6-8-20)27-23-26-15-18-4-3-16(13-21(18)28-23)17-9-10-25-22(14-17)29-11-1-2-12-29/h3-10,13-15H,1-2,11-12H2,(H2,24,30,31)(H,26,27,28). The van der Waals surface area contributed by atoms with E-state index in [2.05, 4.69) is 37.3 Å². The molecule has 1 aliphatic rings. The fourth-order valence-electron chi connectivity index (χ4n) is 3.84. The first-order valence-electron chi connectivity index (χ1n) is 10.3. The van der Waals surface area contributed by atoms with Gasteiger partial charge in [-0.25, -0.2) is 28.5 Å². The highest BCUT2D eigenvalue weighted by Gasteiger charge is 2.14. The second kappa shape index (κ2) is 8.18. The van der Waals surface area contributed by atoms with Crippen LogP contribution >= 0.6 is 0 Å². The number of nitrogens with two attached hydrogens (primary N) is 1. The molecule has 5 rings (SSSR count). The number of pyridine rings is 1. The maximum absolute atomic E-state index is 11.4. The molecule has 1 fully saturated rings. The Bertz CT molecular complexity index is 1380. The lowest BCUT2D eigenvalue weighted by molar-refractivity contribution is 0.598. The molecule has 32 heavy (non-hydrogen) atoms. The van der Waals surface area contributed by atoms with Gasteiger partial charge in [-0.3, -0.25) is 0 Å². The molecule has 1 saturated heterocycles. The Morgan fingerprint density at radius 3 is 2.41 bits per heavy atom. The Hall–Kier alpha value is -3.56. The highest BCUT2D eigenvalue weighted by atomic mass is 32.2. The van der Waals surface area contributed by atoms with Gasteiger partial charge >= 0.3 is 0 Å². The highest BCUT2D eigenvalue weighted by molar-refractivity contribution is 7.89. The molecule has 0 saturated carbocycles. The highest BCUT2D eigenvalue weighted by Crippen LogP contribution is 2.28. The first-order chi connectivity index (χ1) is 15.5. The Kier molecular flexibility index (Phi) is 5.20. The Morgan fingerprint density at radius 2 is 1.66 bits per heavy atom. The van der Waals surface area contributed by atoms with Gasteiger partial charge in [0.05, 0.1) is 10.4 Å². The molecule has 0 atom stereocenters. The summed E-state index contributed by atoms with van der Waals surface area (Å²) >= 11 is 0. The quantitative estimate of drug-likeness (QED) is 0.481. The molecule has 4 aromatic rings. The molecule has 3 heterocycles. The largest absolute Gasteiger partial charge is 0.357 e. The molecule has 1 aliphatic heterocycles. The summed E-state index contributed by atoms with van der Waals surface area (Å²) in [5.41, 5.74) is 3.62. The van der Waals surface area contributed by atoms with E-state index in [1.165, 1.54) is 25.0 Å². The molecule has 2 aromatic heterocycles. The summed E-state index contributed by atoms with van der Waals surface area (Å²) in [6, 6.07) is 16.4. The van der Waals surface area contributed by atoms with Gasteiger partial charge in [-0.1, -0.05) is 12.1 Å². The molecule has 8 nitrogen and oxygen atoms in total. The fraction of sp³-hybridized carbons (Fsp3) is 0.174. The first kappa shape index (κ1) is 20.3. The SMILES string of the molecule is NS(=O)(=O)c1ccc(Nc2ncc3ccc(-c4ccnc(N5CCCC5)c4)cc3n2)cc1. The maximum Gasteiger partial charge on any atom is 0.238 e. The lowest BCUT2D eigenvalue weighted by Crippen LogP contribution is -2.18. The minimum Gasteiger partial charge on any atom is -0.357 e. The smallest absolute Gasteiger partial charge is 0.238 e. The molecule has 9 heteroatoms. The van der Waals surface area contributed by atoms with Crippen LogP contribution in [0.2, 0.25) is 0 Å². The van der Waals surface area contributed by atoms with E-state index in [1.54, 1.807) is 18.3 Å². The van der Waals surface area contributed by atoms with E-state index in [-0.39, 0.29) is 4.90 Å². The van der Waals surface area contributed by atoms with Crippen molar-refractivity contribution in [3.8, 4) is 11.1 Å². The van der Waals surface area contributed by atoms with E-state index < -0.39 is 10.0 Å². The number of sulfonamides is 1. The number of rotatable bonds is 5. The number of anilines is 3. The Labute approximate surface area is 186 Å². The summed E-state index contributed by atoms with van der Waals surface area (Å²) in [5.74, 6) is 1.43. The fourth-order valence-corrected chi connectivity index (χ4v) is 4.35. The summed E-state index contributed by atoms with van der Waals surface area (Å²) < 4.78 is 22.8. The number of fused-ring (bicyclic) bond motifs is 1. The number of nitrogens with zero attached hydrogens (tertiary/aromatic N) is 4. The van der Waals surface area contributed by atoms with Crippen molar-refractivity contribution in [2.45, 2.75) is 17.7 Å². The summed E-state index contributed by atoms with van der Waals surface area (Å²) in [7, 11) is -3.73. The first-order valence-corrected chi connectivity index (χ1v) is 11.9. The topological polar surface area (TPSA) is 114 Å². The molecule has 162 valence electrons. The van der Waals surface area contributed by atoms with Crippen molar-refractivity contribution in [2.75, 3.05) is 23.3 Å². The third-order valence-electron chi connectivity index (χ3n) is 5.53. The normalized spacial score (nSPS) is 14.1. The second-order valence-corrected chi connectivity index (χ2v) is 9.32. The number of hydrogen-bond acceptors (Lipinski definition) is 7. The molecule has 2 aromatic carbocycles. The van der Waals surface area contributed by atoms with Crippen LogP contribution in [0.25, 0.3) is 22.0 Å². The number of primary sulfonamides is 1. The van der Waals surface area contributed by atoms with Crippen molar-refractivity contribution in [2.24, 2.45) is 5.14 Å². The molecular formula is C23H22N6O2S. The number of hydrogen-bond donors (Lipinski definition) is 2. The Morgan fingerprint density at radius 1 is 0.906 bits per heavy atom. The molecule has 0 amide bonds. The van der Waals surface area contributed by atoms with E-state index in [0.717, 1.165) is 40.9 Å². The van der Waals surface area contributed by atoms with Crippen molar-refractivity contribution in [3.05, 3.63) is 67.0 Å². The van der Waals surface area contributed by atoms with Crippen LogP contribution in [0.1, 0.15) is 12.8 Å². The zero-order chi connectivity index (χ0) is 22.1. The van der Waals surface area contributed by atoms with Gasteiger partial charge in [-0.15, -0.1) is 0 Å². The lowest BCUT2D eigenvalue weighted by Gasteiger charge is -2.17. The van der Waals surface area contributed by atoms with E-state index >= 15 is 0 Å².